The summed E-state index contributed by atoms with van der Waals surface area (Å²) in [7, 11) is 1.62. The van der Waals surface area contributed by atoms with Gasteiger partial charge in [-0.05, 0) is 12.1 Å². The first-order chi connectivity index (χ1) is 7.31. The summed E-state index contributed by atoms with van der Waals surface area (Å²) in [6, 6.07) is 7.46. The average Bonchev–Trinajstić information content (AvgIpc) is 2.65. The predicted molar refractivity (Wildman–Crippen MR) is 56.2 cm³/mol. The molecule has 1 aliphatic heterocycles. The standard InChI is InChI=1S/C11H15NO3/c1-13-9-4-2-3-5-10(9)15-11-7-14-6-8(11)12/h2-5,8,11H,6-7,12H2,1H3/t8-,11+/m0/s1. The second-order valence-corrected chi connectivity index (χ2v) is 3.51. The highest BCUT2D eigenvalue weighted by Crippen LogP contribution is 2.27. The van der Waals surface area contributed by atoms with Gasteiger partial charge in [0.2, 0.25) is 0 Å². The third kappa shape index (κ3) is 2.22. The maximum absolute atomic E-state index is 5.83. The van der Waals surface area contributed by atoms with Crippen molar-refractivity contribution in [2.24, 2.45) is 5.73 Å². The molecular weight excluding hydrogens is 194 g/mol. The van der Waals surface area contributed by atoms with Crippen LogP contribution in [0.1, 0.15) is 0 Å². The number of rotatable bonds is 3. The Hall–Kier alpha value is -1.26. The van der Waals surface area contributed by atoms with Crippen LogP contribution >= 0.6 is 0 Å². The molecule has 0 saturated carbocycles. The Balaban J connectivity index is 2.09. The molecule has 4 nitrogen and oxygen atoms in total. The Morgan fingerprint density at radius 3 is 2.60 bits per heavy atom. The van der Waals surface area contributed by atoms with Gasteiger partial charge in [0.25, 0.3) is 0 Å². The molecule has 1 saturated heterocycles. The largest absolute Gasteiger partial charge is 0.493 e. The summed E-state index contributed by atoms with van der Waals surface area (Å²) < 4.78 is 16.1. The average molecular weight is 209 g/mol. The van der Waals surface area contributed by atoms with Gasteiger partial charge in [-0.15, -0.1) is 0 Å². The lowest BCUT2D eigenvalue weighted by Gasteiger charge is -2.17. The van der Waals surface area contributed by atoms with Gasteiger partial charge in [0.1, 0.15) is 6.10 Å². The van der Waals surface area contributed by atoms with E-state index < -0.39 is 0 Å². The molecule has 0 unspecified atom stereocenters. The quantitative estimate of drug-likeness (QED) is 0.800. The second-order valence-electron chi connectivity index (χ2n) is 3.51. The van der Waals surface area contributed by atoms with Crippen LogP contribution in [0, 0.1) is 0 Å². The molecule has 1 aliphatic rings. The second kappa shape index (κ2) is 4.51. The summed E-state index contributed by atoms with van der Waals surface area (Å²) in [6.07, 6.45) is -0.0821. The fourth-order valence-corrected chi connectivity index (χ4v) is 1.55. The number of para-hydroxylation sites is 2. The highest BCUT2D eigenvalue weighted by Gasteiger charge is 2.27. The third-order valence-electron chi connectivity index (χ3n) is 2.42. The lowest BCUT2D eigenvalue weighted by Crippen LogP contribution is -2.37. The van der Waals surface area contributed by atoms with Crippen molar-refractivity contribution in [3.8, 4) is 11.5 Å². The fraction of sp³-hybridized carbons (Fsp3) is 0.455. The molecule has 15 heavy (non-hydrogen) atoms. The zero-order valence-corrected chi connectivity index (χ0v) is 8.68. The Kier molecular flexibility index (Phi) is 3.08. The van der Waals surface area contributed by atoms with E-state index in [2.05, 4.69) is 0 Å². The van der Waals surface area contributed by atoms with Gasteiger partial charge in [-0.1, -0.05) is 12.1 Å². The molecule has 4 heteroatoms. The monoisotopic (exact) mass is 209 g/mol. The number of methoxy groups -OCH3 is 1. The van der Waals surface area contributed by atoms with Gasteiger partial charge < -0.3 is 19.9 Å². The normalized spacial score (nSPS) is 25.2. The van der Waals surface area contributed by atoms with Gasteiger partial charge in [0.05, 0.1) is 26.4 Å². The van der Waals surface area contributed by atoms with E-state index >= 15 is 0 Å². The molecule has 2 N–H and O–H groups in total. The third-order valence-corrected chi connectivity index (χ3v) is 2.42. The Labute approximate surface area is 88.9 Å². The maximum atomic E-state index is 5.83. The lowest BCUT2D eigenvalue weighted by atomic mass is 10.2. The fourth-order valence-electron chi connectivity index (χ4n) is 1.55. The first kappa shape index (κ1) is 10.3. The van der Waals surface area contributed by atoms with Crippen molar-refractivity contribution in [1.82, 2.24) is 0 Å². The molecule has 82 valence electrons. The van der Waals surface area contributed by atoms with Gasteiger partial charge >= 0.3 is 0 Å². The van der Waals surface area contributed by atoms with Crippen LogP contribution in [0.5, 0.6) is 11.5 Å². The number of hydrogen-bond donors (Lipinski definition) is 1. The maximum Gasteiger partial charge on any atom is 0.161 e. The van der Waals surface area contributed by atoms with Gasteiger partial charge in [-0.2, -0.15) is 0 Å². The minimum Gasteiger partial charge on any atom is -0.493 e. The van der Waals surface area contributed by atoms with Crippen molar-refractivity contribution in [3.63, 3.8) is 0 Å². The molecular formula is C11H15NO3. The first-order valence-corrected chi connectivity index (χ1v) is 4.94. The molecule has 0 radical (unpaired) electrons. The summed E-state index contributed by atoms with van der Waals surface area (Å²) in [4.78, 5) is 0. The lowest BCUT2D eigenvalue weighted by molar-refractivity contribution is 0.137. The van der Waals surface area contributed by atoms with E-state index in [0.717, 1.165) is 5.75 Å². The Morgan fingerprint density at radius 2 is 2.00 bits per heavy atom. The molecule has 2 atom stereocenters. The summed E-state index contributed by atoms with van der Waals surface area (Å²) in [5.41, 5.74) is 5.83. The smallest absolute Gasteiger partial charge is 0.161 e. The zero-order valence-electron chi connectivity index (χ0n) is 8.68. The molecule has 1 fully saturated rings. The Bertz CT molecular complexity index is 329. The van der Waals surface area contributed by atoms with Crippen molar-refractivity contribution < 1.29 is 14.2 Å². The molecule has 0 amide bonds. The topological polar surface area (TPSA) is 53.7 Å². The van der Waals surface area contributed by atoms with Crippen LogP contribution in [0.25, 0.3) is 0 Å². The zero-order chi connectivity index (χ0) is 10.7. The van der Waals surface area contributed by atoms with Crippen LogP contribution < -0.4 is 15.2 Å². The molecule has 0 bridgehead atoms. The van der Waals surface area contributed by atoms with Crippen molar-refractivity contribution in [2.45, 2.75) is 12.1 Å². The van der Waals surface area contributed by atoms with Crippen LogP contribution in [0.2, 0.25) is 0 Å². The van der Waals surface area contributed by atoms with E-state index in [1.807, 2.05) is 24.3 Å². The van der Waals surface area contributed by atoms with Crippen molar-refractivity contribution >= 4 is 0 Å². The number of nitrogens with two attached hydrogens (primary N) is 1. The van der Waals surface area contributed by atoms with Crippen LogP contribution in [0.15, 0.2) is 24.3 Å². The van der Waals surface area contributed by atoms with Crippen molar-refractivity contribution in [3.05, 3.63) is 24.3 Å². The van der Waals surface area contributed by atoms with E-state index in [-0.39, 0.29) is 12.1 Å². The molecule has 1 aromatic rings. The number of benzene rings is 1. The van der Waals surface area contributed by atoms with Crippen LogP contribution in [-0.4, -0.2) is 32.5 Å². The summed E-state index contributed by atoms with van der Waals surface area (Å²) in [5.74, 6) is 1.43. The van der Waals surface area contributed by atoms with Crippen LogP contribution in [-0.2, 0) is 4.74 Å². The van der Waals surface area contributed by atoms with Gasteiger partial charge in [0, 0.05) is 0 Å². The number of hydrogen-bond acceptors (Lipinski definition) is 4. The minimum absolute atomic E-state index is 0.0603. The SMILES string of the molecule is COc1ccccc1O[C@@H]1COC[C@@H]1N. The van der Waals surface area contributed by atoms with E-state index in [4.69, 9.17) is 19.9 Å². The molecule has 2 rings (SSSR count). The van der Waals surface area contributed by atoms with Gasteiger partial charge in [-0.3, -0.25) is 0 Å². The van der Waals surface area contributed by atoms with Crippen LogP contribution in [0.4, 0.5) is 0 Å². The number of ether oxygens (including phenoxy) is 3. The van der Waals surface area contributed by atoms with E-state index in [9.17, 15) is 0 Å². The molecule has 1 heterocycles. The van der Waals surface area contributed by atoms with Crippen molar-refractivity contribution in [2.75, 3.05) is 20.3 Å². The van der Waals surface area contributed by atoms with E-state index in [1.165, 1.54) is 0 Å². The predicted octanol–water partition coefficient (Wildman–Crippen LogP) is 0.800. The highest BCUT2D eigenvalue weighted by atomic mass is 16.6. The molecule has 0 aromatic heterocycles. The first-order valence-electron chi connectivity index (χ1n) is 4.94. The van der Waals surface area contributed by atoms with Crippen molar-refractivity contribution in [1.29, 1.82) is 0 Å². The van der Waals surface area contributed by atoms with Crippen LogP contribution in [0.3, 0.4) is 0 Å². The van der Waals surface area contributed by atoms with Gasteiger partial charge in [0.15, 0.2) is 11.5 Å². The van der Waals surface area contributed by atoms with E-state index in [1.54, 1.807) is 7.11 Å². The highest BCUT2D eigenvalue weighted by molar-refractivity contribution is 5.39. The Morgan fingerprint density at radius 1 is 1.27 bits per heavy atom. The minimum atomic E-state index is -0.0821. The summed E-state index contributed by atoms with van der Waals surface area (Å²) in [5, 5.41) is 0. The molecule has 0 aliphatic carbocycles. The summed E-state index contributed by atoms with van der Waals surface area (Å²) >= 11 is 0. The van der Waals surface area contributed by atoms with Gasteiger partial charge in [-0.25, -0.2) is 0 Å². The molecule has 1 aromatic carbocycles. The van der Waals surface area contributed by atoms with E-state index in [0.29, 0.717) is 19.0 Å². The molecule has 0 spiro atoms. The summed E-state index contributed by atoms with van der Waals surface area (Å²) in [6.45, 7) is 1.10.